The van der Waals surface area contributed by atoms with Gasteiger partial charge in [0.15, 0.2) is 0 Å². The number of carbonyl (C=O) groups excluding carboxylic acids is 1. The monoisotopic (exact) mass is 374 g/mol. The van der Waals surface area contributed by atoms with Gasteiger partial charge >= 0.3 is 5.97 Å². The molecule has 7 heteroatoms. The Bertz CT molecular complexity index is 792. The van der Waals surface area contributed by atoms with Crippen LogP contribution in [0.2, 0.25) is 0 Å². The first-order chi connectivity index (χ1) is 12.4. The smallest absolute Gasteiger partial charge is 0.305 e. The molecule has 3 rings (SSSR count). The van der Waals surface area contributed by atoms with Crippen LogP contribution in [0.1, 0.15) is 48.7 Å². The van der Waals surface area contributed by atoms with Gasteiger partial charge in [0.25, 0.3) is 5.91 Å². The molecular formula is C19H22N2O4S. The molecule has 1 unspecified atom stereocenters. The Morgan fingerprint density at radius 1 is 1.35 bits per heavy atom. The summed E-state index contributed by atoms with van der Waals surface area (Å²) in [4.78, 5) is 28.1. The average Bonchev–Trinajstić information content (AvgIpc) is 3.24. The highest BCUT2D eigenvalue weighted by Crippen LogP contribution is 2.27. The van der Waals surface area contributed by atoms with Crippen molar-refractivity contribution in [2.24, 2.45) is 0 Å². The Labute approximate surface area is 156 Å². The third kappa shape index (κ3) is 4.11. The van der Waals surface area contributed by atoms with E-state index >= 15 is 0 Å². The molecule has 1 saturated heterocycles. The van der Waals surface area contributed by atoms with Crippen molar-refractivity contribution in [3.8, 4) is 10.6 Å². The van der Waals surface area contributed by atoms with Gasteiger partial charge in [0, 0.05) is 17.6 Å². The summed E-state index contributed by atoms with van der Waals surface area (Å²) >= 11 is 1.40. The molecule has 1 fully saturated rings. The molecule has 0 bridgehead atoms. The molecule has 138 valence electrons. The fourth-order valence-electron chi connectivity index (χ4n) is 3.01. The van der Waals surface area contributed by atoms with Crippen molar-refractivity contribution in [1.82, 2.24) is 10.3 Å². The Morgan fingerprint density at radius 2 is 2.08 bits per heavy atom. The van der Waals surface area contributed by atoms with Crippen LogP contribution in [0.3, 0.4) is 0 Å². The van der Waals surface area contributed by atoms with Gasteiger partial charge in [-0.3, -0.25) is 9.59 Å². The maximum Gasteiger partial charge on any atom is 0.305 e. The summed E-state index contributed by atoms with van der Waals surface area (Å²) in [5, 5.41) is 14.4. The number of hydrogen-bond acceptors (Lipinski definition) is 5. The number of aromatic nitrogens is 1. The number of aliphatic carboxylic acids is 1. The summed E-state index contributed by atoms with van der Waals surface area (Å²) in [6.07, 6.45) is 0.325. The van der Waals surface area contributed by atoms with E-state index in [1.54, 1.807) is 5.38 Å². The maximum atomic E-state index is 12.6. The molecule has 2 N–H and O–H groups in total. The first-order valence-corrected chi connectivity index (χ1v) is 9.44. The second-order valence-electron chi connectivity index (χ2n) is 6.92. The van der Waals surface area contributed by atoms with Gasteiger partial charge in [-0.25, -0.2) is 4.98 Å². The SMILES string of the molecule is CC(C)c1ccc(-c2nc(C(=O)NC3(CC(=O)O)CCOC3)cs2)cc1. The standard InChI is InChI=1S/C19H22N2O4S/c1-12(2)13-3-5-14(6-4-13)18-20-15(10-26-18)17(24)21-19(9-16(22)23)7-8-25-11-19/h3-6,10,12H,7-9,11H2,1-2H3,(H,21,24)(H,22,23). The van der Waals surface area contributed by atoms with Crippen LogP contribution in [0.5, 0.6) is 0 Å². The molecule has 6 nitrogen and oxygen atoms in total. The highest BCUT2D eigenvalue weighted by atomic mass is 32.1. The summed E-state index contributed by atoms with van der Waals surface area (Å²) in [6.45, 7) is 4.93. The van der Waals surface area contributed by atoms with Crippen LogP contribution in [0.4, 0.5) is 0 Å². The van der Waals surface area contributed by atoms with E-state index in [9.17, 15) is 9.59 Å². The normalized spacial score (nSPS) is 19.7. The van der Waals surface area contributed by atoms with E-state index in [4.69, 9.17) is 9.84 Å². The number of hydrogen-bond donors (Lipinski definition) is 2. The molecule has 0 radical (unpaired) electrons. The predicted octanol–water partition coefficient (Wildman–Crippen LogP) is 3.30. The lowest BCUT2D eigenvalue weighted by atomic mass is 9.94. The molecule has 1 aliphatic rings. The Morgan fingerprint density at radius 3 is 2.65 bits per heavy atom. The quantitative estimate of drug-likeness (QED) is 0.810. The number of nitrogens with zero attached hydrogens (tertiary/aromatic N) is 1. The Balaban J connectivity index is 1.74. The first-order valence-electron chi connectivity index (χ1n) is 8.56. The van der Waals surface area contributed by atoms with Crippen LogP contribution in [-0.4, -0.2) is 40.7 Å². The third-order valence-corrected chi connectivity index (χ3v) is 5.42. The van der Waals surface area contributed by atoms with Crippen molar-refractivity contribution >= 4 is 23.2 Å². The summed E-state index contributed by atoms with van der Waals surface area (Å²) in [5.74, 6) is -0.862. The van der Waals surface area contributed by atoms with Crippen molar-refractivity contribution in [2.75, 3.05) is 13.2 Å². The number of thiazole rings is 1. The van der Waals surface area contributed by atoms with Crippen LogP contribution in [-0.2, 0) is 9.53 Å². The Hall–Kier alpha value is -2.25. The number of rotatable bonds is 6. The molecular weight excluding hydrogens is 352 g/mol. The number of carboxylic acids is 1. The van der Waals surface area contributed by atoms with E-state index in [1.165, 1.54) is 16.9 Å². The summed E-state index contributed by atoms with van der Waals surface area (Å²) in [6, 6.07) is 8.15. The lowest BCUT2D eigenvalue weighted by Gasteiger charge is -2.26. The second kappa shape index (κ2) is 7.55. The largest absolute Gasteiger partial charge is 0.481 e. The zero-order valence-electron chi connectivity index (χ0n) is 14.8. The van der Waals surface area contributed by atoms with Gasteiger partial charge in [-0.15, -0.1) is 11.3 Å². The predicted molar refractivity (Wildman–Crippen MR) is 99.5 cm³/mol. The van der Waals surface area contributed by atoms with Crippen molar-refractivity contribution in [3.05, 3.63) is 40.9 Å². The minimum Gasteiger partial charge on any atom is -0.481 e. The molecule has 0 aliphatic carbocycles. The molecule has 0 spiro atoms. The van der Waals surface area contributed by atoms with Crippen molar-refractivity contribution < 1.29 is 19.4 Å². The summed E-state index contributed by atoms with van der Waals surface area (Å²) < 4.78 is 5.31. The fraction of sp³-hybridized carbons (Fsp3) is 0.421. The van der Waals surface area contributed by atoms with Gasteiger partial charge in [-0.05, 0) is 17.9 Å². The van der Waals surface area contributed by atoms with Gasteiger partial charge in [0.05, 0.1) is 18.6 Å². The van der Waals surface area contributed by atoms with Gasteiger partial charge < -0.3 is 15.2 Å². The van der Waals surface area contributed by atoms with Crippen LogP contribution in [0, 0.1) is 0 Å². The number of carbonyl (C=O) groups is 2. The molecule has 1 aromatic heterocycles. The lowest BCUT2D eigenvalue weighted by molar-refractivity contribution is -0.138. The number of ether oxygens (including phenoxy) is 1. The number of nitrogens with one attached hydrogen (secondary N) is 1. The van der Waals surface area contributed by atoms with E-state index in [2.05, 4.69) is 36.3 Å². The van der Waals surface area contributed by atoms with Crippen LogP contribution >= 0.6 is 11.3 Å². The second-order valence-corrected chi connectivity index (χ2v) is 7.78. The van der Waals surface area contributed by atoms with E-state index < -0.39 is 11.5 Å². The van der Waals surface area contributed by atoms with E-state index in [0.717, 1.165) is 10.6 Å². The van der Waals surface area contributed by atoms with Crippen molar-refractivity contribution in [2.45, 2.75) is 38.1 Å². The van der Waals surface area contributed by atoms with E-state index in [1.807, 2.05) is 12.1 Å². The molecule has 0 saturated carbocycles. The topological polar surface area (TPSA) is 88.5 Å². The van der Waals surface area contributed by atoms with Crippen LogP contribution in [0.15, 0.2) is 29.6 Å². The maximum absolute atomic E-state index is 12.6. The summed E-state index contributed by atoms with van der Waals surface area (Å²) in [5.41, 5.74) is 1.66. The zero-order chi connectivity index (χ0) is 18.7. The minimum atomic E-state index is -0.958. The van der Waals surface area contributed by atoms with Crippen molar-refractivity contribution in [3.63, 3.8) is 0 Å². The van der Waals surface area contributed by atoms with E-state index in [0.29, 0.717) is 24.6 Å². The van der Waals surface area contributed by atoms with Gasteiger partial charge in [-0.2, -0.15) is 0 Å². The number of amides is 1. The van der Waals surface area contributed by atoms with Gasteiger partial charge in [-0.1, -0.05) is 38.1 Å². The molecule has 1 aliphatic heterocycles. The lowest BCUT2D eigenvalue weighted by Crippen LogP contribution is -2.50. The number of carboxylic acid groups (broad SMARTS) is 1. The molecule has 2 heterocycles. The zero-order valence-corrected chi connectivity index (χ0v) is 15.6. The van der Waals surface area contributed by atoms with Gasteiger partial charge in [0.1, 0.15) is 10.7 Å². The molecule has 26 heavy (non-hydrogen) atoms. The fourth-order valence-corrected chi connectivity index (χ4v) is 3.81. The molecule has 1 aromatic carbocycles. The third-order valence-electron chi connectivity index (χ3n) is 4.53. The van der Waals surface area contributed by atoms with Gasteiger partial charge in [0.2, 0.25) is 0 Å². The number of benzene rings is 1. The van der Waals surface area contributed by atoms with E-state index in [-0.39, 0.29) is 18.9 Å². The highest BCUT2D eigenvalue weighted by molar-refractivity contribution is 7.13. The van der Waals surface area contributed by atoms with Crippen molar-refractivity contribution in [1.29, 1.82) is 0 Å². The minimum absolute atomic E-state index is 0.160. The average molecular weight is 374 g/mol. The highest BCUT2D eigenvalue weighted by Gasteiger charge is 2.39. The van der Waals surface area contributed by atoms with Crippen LogP contribution < -0.4 is 5.32 Å². The first kappa shape index (κ1) is 18.5. The molecule has 2 aromatic rings. The summed E-state index contributed by atoms with van der Waals surface area (Å²) in [7, 11) is 0. The Kier molecular flexibility index (Phi) is 5.38. The van der Waals surface area contributed by atoms with Crippen LogP contribution in [0.25, 0.3) is 10.6 Å². The molecule has 1 atom stereocenters. The molecule has 1 amide bonds.